The van der Waals surface area contributed by atoms with Gasteiger partial charge in [-0.2, -0.15) is 0 Å². The molecule has 1 amide bonds. The molecule has 0 bridgehead atoms. The Morgan fingerprint density at radius 1 is 1.38 bits per heavy atom. The van der Waals surface area contributed by atoms with Crippen LogP contribution in [0.5, 0.6) is 0 Å². The summed E-state index contributed by atoms with van der Waals surface area (Å²) in [5, 5.41) is 4.04. The average molecular weight is 327 g/mol. The van der Waals surface area contributed by atoms with Gasteiger partial charge in [0.25, 0.3) is 0 Å². The van der Waals surface area contributed by atoms with E-state index >= 15 is 0 Å². The summed E-state index contributed by atoms with van der Waals surface area (Å²) in [7, 11) is 0. The van der Waals surface area contributed by atoms with Crippen LogP contribution < -0.4 is 5.76 Å². The minimum Gasteiger partial charge on any atom is -0.408 e. The fourth-order valence-corrected chi connectivity index (χ4v) is 3.31. The molecule has 7 heteroatoms. The number of likely N-dealkylation sites (tertiary alicyclic amines) is 1. The Morgan fingerprint density at radius 3 is 3.00 bits per heavy atom. The van der Waals surface area contributed by atoms with Crippen molar-refractivity contribution in [1.29, 1.82) is 0 Å². The summed E-state index contributed by atoms with van der Waals surface area (Å²) >= 11 is 0. The lowest BCUT2D eigenvalue weighted by Crippen LogP contribution is -2.35. The third kappa shape index (κ3) is 2.42. The maximum atomic E-state index is 12.8. The van der Waals surface area contributed by atoms with Crippen molar-refractivity contribution in [2.45, 2.75) is 32.4 Å². The van der Waals surface area contributed by atoms with E-state index < -0.39 is 5.76 Å². The van der Waals surface area contributed by atoms with Crippen LogP contribution in [0.1, 0.15) is 30.3 Å². The van der Waals surface area contributed by atoms with Crippen LogP contribution in [0.3, 0.4) is 0 Å². The molecular formula is C17H17N3O4. The highest BCUT2D eigenvalue weighted by Crippen LogP contribution is 2.31. The van der Waals surface area contributed by atoms with Crippen LogP contribution >= 0.6 is 0 Å². The maximum absolute atomic E-state index is 12.8. The maximum Gasteiger partial charge on any atom is 0.420 e. The predicted octanol–water partition coefficient (Wildman–Crippen LogP) is 2.25. The van der Waals surface area contributed by atoms with E-state index in [4.69, 9.17) is 8.94 Å². The van der Waals surface area contributed by atoms with Gasteiger partial charge in [0, 0.05) is 12.6 Å². The van der Waals surface area contributed by atoms with Crippen LogP contribution in [0.4, 0.5) is 0 Å². The highest BCUT2D eigenvalue weighted by molar-refractivity contribution is 5.80. The van der Waals surface area contributed by atoms with Crippen molar-refractivity contribution in [2.75, 3.05) is 6.54 Å². The summed E-state index contributed by atoms with van der Waals surface area (Å²) in [5.41, 5.74) is 1.88. The van der Waals surface area contributed by atoms with Crippen molar-refractivity contribution in [2.24, 2.45) is 0 Å². The number of oxazole rings is 1. The second-order valence-corrected chi connectivity index (χ2v) is 6.03. The summed E-state index contributed by atoms with van der Waals surface area (Å²) in [4.78, 5) is 26.6. The molecule has 0 spiro atoms. The van der Waals surface area contributed by atoms with Crippen LogP contribution in [0.2, 0.25) is 0 Å². The van der Waals surface area contributed by atoms with Crippen LogP contribution in [-0.4, -0.2) is 27.1 Å². The standard InChI is InChI=1S/C17H17N3O4/c1-11-9-12(18-24-11)13-6-4-8-19(13)16(21)10-20-14-5-2-3-7-15(14)23-17(20)22/h2-3,5,7,9,13H,4,6,8,10H2,1H3. The lowest BCUT2D eigenvalue weighted by Gasteiger charge is -2.23. The van der Waals surface area contributed by atoms with Crippen molar-refractivity contribution in [3.05, 3.63) is 52.3 Å². The number of amides is 1. The molecule has 7 nitrogen and oxygen atoms in total. The number of hydrogen-bond donors (Lipinski definition) is 0. The van der Waals surface area contributed by atoms with Gasteiger partial charge in [0.15, 0.2) is 5.58 Å². The third-order valence-electron chi connectivity index (χ3n) is 4.43. The number of aryl methyl sites for hydroxylation is 1. The number of carbonyl (C=O) groups is 1. The van der Waals surface area contributed by atoms with Crippen LogP contribution in [0, 0.1) is 6.92 Å². The van der Waals surface area contributed by atoms with Crippen molar-refractivity contribution in [3.8, 4) is 0 Å². The van der Waals surface area contributed by atoms with Crippen molar-refractivity contribution < 1.29 is 13.7 Å². The Hall–Kier alpha value is -2.83. The molecule has 3 heterocycles. The van der Waals surface area contributed by atoms with Gasteiger partial charge in [-0.05, 0) is 31.9 Å². The predicted molar refractivity (Wildman–Crippen MR) is 85.4 cm³/mol. The Bertz CT molecular complexity index is 952. The first kappa shape index (κ1) is 14.7. The topological polar surface area (TPSA) is 81.5 Å². The van der Waals surface area contributed by atoms with Gasteiger partial charge in [0.2, 0.25) is 5.91 Å². The third-order valence-corrected chi connectivity index (χ3v) is 4.43. The first-order chi connectivity index (χ1) is 11.6. The van der Waals surface area contributed by atoms with E-state index in [2.05, 4.69) is 5.16 Å². The molecule has 0 saturated carbocycles. The Kier molecular flexibility index (Phi) is 3.48. The summed E-state index contributed by atoms with van der Waals surface area (Å²) in [6, 6.07) is 8.86. The van der Waals surface area contributed by atoms with Gasteiger partial charge in [0.1, 0.15) is 18.0 Å². The molecule has 24 heavy (non-hydrogen) atoms. The van der Waals surface area contributed by atoms with E-state index in [9.17, 15) is 9.59 Å². The van der Waals surface area contributed by atoms with Gasteiger partial charge >= 0.3 is 5.76 Å². The van der Waals surface area contributed by atoms with Crippen LogP contribution in [-0.2, 0) is 11.3 Å². The summed E-state index contributed by atoms with van der Waals surface area (Å²) < 4.78 is 11.7. The van der Waals surface area contributed by atoms with Crippen LogP contribution in [0.25, 0.3) is 11.1 Å². The van der Waals surface area contributed by atoms with E-state index in [1.807, 2.05) is 19.1 Å². The van der Waals surface area contributed by atoms with Gasteiger partial charge in [-0.25, -0.2) is 4.79 Å². The van der Waals surface area contributed by atoms with Gasteiger partial charge < -0.3 is 13.8 Å². The number of benzene rings is 1. The zero-order valence-corrected chi connectivity index (χ0v) is 13.3. The van der Waals surface area contributed by atoms with Gasteiger partial charge in [-0.15, -0.1) is 0 Å². The summed E-state index contributed by atoms with van der Waals surface area (Å²) in [6.45, 7) is 2.44. The fourth-order valence-electron chi connectivity index (χ4n) is 3.31. The largest absolute Gasteiger partial charge is 0.420 e. The smallest absolute Gasteiger partial charge is 0.408 e. The first-order valence-corrected chi connectivity index (χ1v) is 7.94. The molecule has 1 atom stereocenters. The molecule has 2 aromatic heterocycles. The van der Waals surface area contributed by atoms with E-state index in [0.717, 1.165) is 24.3 Å². The van der Waals surface area contributed by atoms with E-state index in [0.29, 0.717) is 17.6 Å². The zero-order chi connectivity index (χ0) is 16.7. The molecule has 124 valence electrons. The number of aromatic nitrogens is 2. The molecule has 4 rings (SSSR count). The minimum absolute atomic E-state index is 0.0385. The molecule has 1 aliphatic rings. The SMILES string of the molecule is Cc1cc(C2CCCN2C(=O)Cn2c(=O)oc3ccccc32)no1. The first-order valence-electron chi connectivity index (χ1n) is 7.94. The van der Waals surface area contributed by atoms with Gasteiger partial charge in [0.05, 0.1) is 11.6 Å². The second kappa shape index (κ2) is 5.67. The molecule has 0 radical (unpaired) electrons. The highest BCUT2D eigenvalue weighted by Gasteiger charge is 2.32. The Balaban J connectivity index is 1.61. The number of para-hydroxylation sites is 2. The zero-order valence-electron chi connectivity index (χ0n) is 13.3. The van der Waals surface area contributed by atoms with Crippen molar-refractivity contribution in [1.82, 2.24) is 14.6 Å². The van der Waals surface area contributed by atoms with Gasteiger partial charge in [-0.3, -0.25) is 9.36 Å². The Labute approximate surface area is 137 Å². The monoisotopic (exact) mass is 327 g/mol. The highest BCUT2D eigenvalue weighted by atomic mass is 16.5. The molecule has 1 aliphatic heterocycles. The minimum atomic E-state index is -0.516. The number of hydrogen-bond acceptors (Lipinski definition) is 5. The molecular weight excluding hydrogens is 310 g/mol. The quantitative estimate of drug-likeness (QED) is 0.737. The normalized spacial score (nSPS) is 17.7. The van der Waals surface area contributed by atoms with Gasteiger partial charge in [-0.1, -0.05) is 17.3 Å². The second-order valence-electron chi connectivity index (χ2n) is 6.03. The molecule has 0 N–H and O–H groups in total. The summed E-state index contributed by atoms with van der Waals surface area (Å²) in [5.74, 6) is 0.0886. The van der Waals surface area contributed by atoms with E-state index in [1.54, 1.807) is 23.1 Å². The number of carbonyl (C=O) groups excluding carboxylic acids is 1. The van der Waals surface area contributed by atoms with Crippen molar-refractivity contribution >= 4 is 17.0 Å². The lowest BCUT2D eigenvalue weighted by molar-refractivity contribution is -0.132. The number of rotatable bonds is 3. The van der Waals surface area contributed by atoms with Crippen LogP contribution in [0.15, 0.2) is 44.1 Å². The number of fused-ring (bicyclic) bond motifs is 1. The molecule has 1 unspecified atom stereocenters. The molecule has 1 aromatic carbocycles. The molecule has 0 aliphatic carbocycles. The molecule has 3 aromatic rings. The van der Waals surface area contributed by atoms with Crippen molar-refractivity contribution in [3.63, 3.8) is 0 Å². The summed E-state index contributed by atoms with van der Waals surface area (Å²) in [6.07, 6.45) is 1.75. The number of nitrogens with zero attached hydrogens (tertiary/aromatic N) is 3. The average Bonchev–Trinajstić information content (AvgIpc) is 3.27. The Morgan fingerprint density at radius 2 is 2.21 bits per heavy atom. The van der Waals surface area contributed by atoms with E-state index in [-0.39, 0.29) is 18.5 Å². The molecule has 1 saturated heterocycles. The van der Waals surface area contributed by atoms with E-state index in [1.165, 1.54) is 4.57 Å². The molecule has 1 fully saturated rings. The fraction of sp³-hybridized carbons (Fsp3) is 0.353. The lowest BCUT2D eigenvalue weighted by atomic mass is 10.1.